The van der Waals surface area contributed by atoms with E-state index in [4.69, 9.17) is 14.2 Å². The van der Waals surface area contributed by atoms with Gasteiger partial charge in [-0.05, 0) is 46.7 Å². The lowest BCUT2D eigenvalue weighted by Gasteiger charge is -2.20. The molecule has 0 aliphatic heterocycles. The van der Waals surface area contributed by atoms with Crippen LogP contribution in [0.4, 0.5) is 5.69 Å². The van der Waals surface area contributed by atoms with Crippen molar-refractivity contribution < 1.29 is 23.8 Å². The fourth-order valence-electron chi connectivity index (χ4n) is 3.18. The van der Waals surface area contributed by atoms with Crippen molar-refractivity contribution in [2.75, 3.05) is 26.1 Å². The smallest absolute Gasteiger partial charge is 0.331 e. The molecule has 0 heterocycles. The summed E-state index contributed by atoms with van der Waals surface area (Å²) in [5, 5.41) is 2.93. The molecule has 0 spiro atoms. The van der Waals surface area contributed by atoms with Gasteiger partial charge < -0.3 is 19.5 Å². The summed E-state index contributed by atoms with van der Waals surface area (Å²) >= 11 is 0. The Hall–Kier alpha value is -3.28. The van der Waals surface area contributed by atoms with E-state index in [9.17, 15) is 9.59 Å². The fraction of sp³-hybridized carbons (Fsp3) is 0.360. The maximum absolute atomic E-state index is 12.5. The van der Waals surface area contributed by atoms with E-state index in [0.717, 1.165) is 22.4 Å². The number of esters is 1. The lowest BCUT2D eigenvalue weighted by atomic mass is 9.92. The second-order valence-corrected chi connectivity index (χ2v) is 7.72. The lowest BCUT2D eigenvalue weighted by molar-refractivity contribution is -0.142. The number of hydrogen-bond donors (Lipinski definition) is 1. The first-order chi connectivity index (χ1) is 14.8. The molecular formula is C25H31NO5. The molecule has 0 aliphatic carbocycles. The van der Waals surface area contributed by atoms with E-state index in [1.807, 2.05) is 18.2 Å². The van der Waals surface area contributed by atoms with Gasteiger partial charge in [-0.25, -0.2) is 4.79 Å². The van der Waals surface area contributed by atoms with Gasteiger partial charge in [-0.15, -0.1) is 0 Å². The summed E-state index contributed by atoms with van der Waals surface area (Å²) in [6, 6.07) is 11.3. The van der Waals surface area contributed by atoms with Gasteiger partial charge in [0, 0.05) is 11.8 Å². The van der Waals surface area contributed by atoms with Crippen molar-refractivity contribution in [3.63, 3.8) is 0 Å². The Morgan fingerprint density at radius 2 is 1.55 bits per heavy atom. The van der Waals surface area contributed by atoms with Crippen LogP contribution in [0.2, 0.25) is 0 Å². The molecule has 0 bridgehead atoms. The number of nitrogens with one attached hydrogen (secondary N) is 1. The highest BCUT2D eigenvalue weighted by atomic mass is 16.5. The summed E-state index contributed by atoms with van der Waals surface area (Å²) in [5.41, 5.74) is 3.65. The van der Waals surface area contributed by atoms with E-state index in [1.165, 1.54) is 6.08 Å². The Morgan fingerprint density at radius 1 is 0.935 bits per heavy atom. The normalized spacial score (nSPS) is 11.1. The average Bonchev–Trinajstić information content (AvgIpc) is 2.75. The van der Waals surface area contributed by atoms with Crippen LogP contribution in [-0.4, -0.2) is 32.7 Å². The van der Waals surface area contributed by atoms with Gasteiger partial charge in [0.25, 0.3) is 5.91 Å². The minimum absolute atomic E-state index is 0.251. The van der Waals surface area contributed by atoms with Crippen molar-refractivity contribution >= 4 is 23.6 Å². The van der Waals surface area contributed by atoms with Crippen LogP contribution in [0.1, 0.15) is 56.2 Å². The number of methoxy groups -OCH3 is 2. The van der Waals surface area contributed by atoms with Crippen molar-refractivity contribution in [2.45, 2.75) is 39.5 Å². The van der Waals surface area contributed by atoms with Gasteiger partial charge in [0.05, 0.1) is 14.2 Å². The second kappa shape index (κ2) is 11.2. The molecule has 0 fully saturated rings. The monoisotopic (exact) mass is 425 g/mol. The maximum Gasteiger partial charge on any atom is 0.331 e. The Kier molecular flexibility index (Phi) is 8.67. The Balaban J connectivity index is 2.01. The van der Waals surface area contributed by atoms with E-state index >= 15 is 0 Å². The standard InChI is InChI=1S/C25H31NO5/c1-16(2)19-8-7-9-20(17(3)4)25(19)26-23(27)15-31-24(28)13-11-18-10-12-21(29-5)22(14-18)30-6/h7-14,16-17H,15H2,1-6H3,(H,26,27)/b13-11+. The Labute approximate surface area is 184 Å². The first-order valence-corrected chi connectivity index (χ1v) is 10.3. The number of amides is 1. The molecular weight excluding hydrogens is 394 g/mol. The maximum atomic E-state index is 12.5. The van der Waals surface area contributed by atoms with Crippen molar-refractivity contribution in [3.05, 3.63) is 59.2 Å². The summed E-state index contributed by atoms with van der Waals surface area (Å²) in [4.78, 5) is 24.5. The molecule has 6 heteroatoms. The van der Waals surface area contributed by atoms with Gasteiger partial charge in [0.15, 0.2) is 18.1 Å². The van der Waals surface area contributed by atoms with E-state index in [2.05, 4.69) is 33.0 Å². The number of anilines is 1. The number of carbonyl (C=O) groups excluding carboxylic acids is 2. The molecule has 0 aromatic heterocycles. The van der Waals surface area contributed by atoms with Crippen LogP contribution in [-0.2, 0) is 14.3 Å². The summed E-state index contributed by atoms with van der Waals surface area (Å²) in [7, 11) is 3.10. The molecule has 0 atom stereocenters. The van der Waals surface area contributed by atoms with E-state index in [0.29, 0.717) is 11.5 Å². The van der Waals surface area contributed by atoms with Gasteiger partial charge in [-0.3, -0.25) is 4.79 Å². The predicted octanol–water partition coefficient (Wildman–Crippen LogP) is 5.15. The second-order valence-electron chi connectivity index (χ2n) is 7.72. The minimum Gasteiger partial charge on any atom is -0.493 e. The molecule has 166 valence electrons. The third-order valence-corrected chi connectivity index (χ3v) is 4.80. The number of hydrogen-bond acceptors (Lipinski definition) is 5. The van der Waals surface area contributed by atoms with Gasteiger partial charge in [0.1, 0.15) is 0 Å². The van der Waals surface area contributed by atoms with Crippen LogP contribution in [0.5, 0.6) is 11.5 Å². The van der Waals surface area contributed by atoms with Crippen LogP contribution in [0.3, 0.4) is 0 Å². The third kappa shape index (κ3) is 6.60. The van der Waals surface area contributed by atoms with Gasteiger partial charge in [-0.2, -0.15) is 0 Å². The minimum atomic E-state index is -0.605. The zero-order valence-corrected chi connectivity index (χ0v) is 19.0. The number of para-hydroxylation sites is 1. The zero-order valence-electron chi connectivity index (χ0n) is 19.0. The molecule has 2 aromatic rings. The average molecular weight is 426 g/mol. The van der Waals surface area contributed by atoms with E-state index < -0.39 is 5.97 Å². The predicted molar refractivity (Wildman–Crippen MR) is 123 cm³/mol. The summed E-state index contributed by atoms with van der Waals surface area (Å²) in [6.45, 7) is 7.95. The fourth-order valence-corrected chi connectivity index (χ4v) is 3.18. The zero-order chi connectivity index (χ0) is 23.0. The highest BCUT2D eigenvalue weighted by Crippen LogP contribution is 2.32. The van der Waals surface area contributed by atoms with E-state index in [1.54, 1.807) is 38.5 Å². The molecule has 2 rings (SSSR count). The molecule has 0 unspecified atom stereocenters. The topological polar surface area (TPSA) is 73.9 Å². The first kappa shape index (κ1) is 24.0. The summed E-state index contributed by atoms with van der Waals surface area (Å²) < 4.78 is 15.5. The molecule has 0 aliphatic rings. The molecule has 1 N–H and O–H groups in total. The Morgan fingerprint density at radius 3 is 2.10 bits per heavy atom. The van der Waals surface area contributed by atoms with Crippen molar-refractivity contribution in [1.29, 1.82) is 0 Å². The molecule has 0 radical (unpaired) electrons. The highest BCUT2D eigenvalue weighted by molar-refractivity contribution is 5.96. The number of rotatable bonds is 9. The van der Waals surface area contributed by atoms with Crippen molar-refractivity contribution in [3.8, 4) is 11.5 Å². The third-order valence-electron chi connectivity index (χ3n) is 4.80. The van der Waals surface area contributed by atoms with Crippen LogP contribution in [0, 0.1) is 0 Å². The van der Waals surface area contributed by atoms with Gasteiger partial charge >= 0.3 is 5.97 Å². The van der Waals surface area contributed by atoms with Gasteiger partial charge in [0.2, 0.25) is 0 Å². The van der Waals surface area contributed by atoms with Crippen LogP contribution < -0.4 is 14.8 Å². The van der Waals surface area contributed by atoms with Crippen LogP contribution in [0.15, 0.2) is 42.5 Å². The van der Waals surface area contributed by atoms with Crippen molar-refractivity contribution in [1.82, 2.24) is 0 Å². The molecule has 2 aromatic carbocycles. The quantitative estimate of drug-likeness (QED) is 0.444. The first-order valence-electron chi connectivity index (χ1n) is 10.3. The molecule has 0 saturated heterocycles. The van der Waals surface area contributed by atoms with Crippen molar-refractivity contribution in [2.24, 2.45) is 0 Å². The number of ether oxygens (including phenoxy) is 3. The molecule has 6 nitrogen and oxygen atoms in total. The van der Waals surface area contributed by atoms with Crippen LogP contribution >= 0.6 is 0 Å². The summed E-state index contributed by atoms with van der Waals surface area (Å²) in [5.74, 6) is 0.680. The molecule has 1 amide bonds. The van der Waals surface area contributed by atoms with E-state index in [-0.39, 0.29) is 24.3 Å². The summed E-state index contributed by atoms with van der Waals surface area (Å²) in [6.07, 6.45) is 2.86. The number of benzene rings is 2. The molecule has 0 saturated carbocycles. The highest BCUT2D eigenvalue weighted by Gasteiger charge is 2.16. The van der Waals surface area contributed by atoms with Crippen LogP contribution in [0.25, 0.3) is 6.08 Å². The van der Waals surface area contributed by atoms with Gasteiger partial charge in [-0.1, -0.05) is 52.0 Å². The lowest BCUT2D eigenvalue weighted by Crippen LogP contribution is -2.22. The molecule has 31 heavy (non-hydrogen) atoms. The Bertz CT molecular complexity index is 921. The number of carbonyl (C=O) groups is 2. The SMILES string of the molecule is COc1ccc(/C=C/C(=O)OCC(=O)Nc2c(C(C)C)cccc2C(C)C)cc1OC. The largest absolute Gasteiger partial charge is 0.493 e.